The number of hydrogen-bond donors (Lipinski definition) is 1. The number of hydrogen-bond acceptors (Lipinski definition) is 4. The largest absolute Gasteiger partial charge is 0.497 e. The maximum atomic E-state index is 12.3. The van der Waals surface area contributed by atoms with Gasteiger partial charge in [-0.25, -0.2) is 0 Å². The van der Waals surface area contributed by atoms with Crippen molar-refractivity contribution in [3.8, 4) is 5.75 Å². The summed E-state index contributed by atoms with van der Waals surface area (Å²) in [6, 6.07) is 12.9. The van der Waals surface area contributed by atoms with Gasteiger partial charge in [-0.15, -0.1) is 0 Å². The van der Waals surface area contributed by atoms with E-state index in [0.717, 1.165) is 55.2 Å². The summed E-state index contributed by atoms with van der Waals surface area (Å²) in [5.41, 5.74) is 6.61. The molecule has 0 heterocycles. The van der Waals surface area contributed by atoms with E-state index in [4.69, 9.17) is 4.74 Å². The SMILES string of the molecule is CCCC(=O)CCC(C)C(C)=C1CCC1.CCCC(=O)c1ccc(CC(=O)Nc2cccc(OC)c2)cc1CC. The minimum Gasteiger partial charge on any atom is -0.497 e. The molecule has 1 atom stereocenters. The van der Waals surface area contributed by atoms with E-state index in [2.05, 4.69) is 26.1 Å². The normalized spacial score (nSPS) is 12.9. The van der Waals surface area contributed by atoms with Crippen LogP contribution in [0.5, 0.6) is 5.75 Å². The van der Waals surface area contributed by atoms with Crippen molar-refractivity contribution in [3.05, 3.63) is 70.3 Å². The maximum absolute atomic E-state index is 12.3. The molecule has 1 saturated carbocycles. The molecular weight excluding hydrogens is 498 g/mol. The second kappa shape index (κ2) is 17.5. The third-order valence-corrected chi connectivity index (χ3v) is 7.69. The average Bonchev–Trinajstić information content (AvgIpc) is 2.91. The molecule has 5 nitrogen and oxygen atoms in total. The third-order valence-electron chi connectivity index (χ3n) is 7.69. The first-order valence-electron chi connectivity index (χ1n) is 15.0. The number of anilines is 1. The van der Waals surface area contributed by atoms with Crippen LogP contribution in [0.25, 0.3) is 0 Å². The van der Waals surface area contributed by atoms with Crippen molar-refractivity contribution in [2.45, 2.75) is 105 Å². The molecule has 218 valence electrons. The van der Waals surface area contributed by atoms with E-state index < -0.39 is 0 Å². The fourth-order valence-electron chi connectivity index (χ4n) is 4.87. The van der Waals surface area contributed by atoms with E-state index in [9.17, 15) is 14.4 Å². The summed E-state index contributed by atoms with van der Waals surface area (Å²) in [4.78, 5) is 35.9. The Hall–Kier alpha value is -3.21. The summed E-state index contributed by atoms with van der Waals surface area (Å²) in [6.07, 6.45) is 10.0. The Morgan fingerprint density at radius 2 is 1.68 bits per heavy atom. The lowest BCUT2D eigenvalue weighted by atomic mass is 9.82. The molecule has 1 aliphatic carbocycles. The van der Waals surface area contributed by atoms with Gasteiger partial charge in [-0.3, -0.25) is 14.4 Å². The molecule has 2 aromatic rings. The Labute approximate surface area is 241 Å². The predicted molar refractivity (Wildman–Crippen MR) is 165 cm³/mol. The van der Waals surface area contributed by atoms with Crippen LogP contribution in [0.4, 0.5) is 5.69 Å². The zero-order valence-electron chi connectivity index (χ0n) is 25.5. The summed E-state index contributed by atoms with van der Waals surface area (Å²) < 4.78 is 5.16. The van der Waals surface area contributed by atoms with Gasteiger partial charge in [0.05, 0.1) is 13.5 Å². The Balaban J connectivity index is 0.000000319. The van der Waals surface area contributed by atoms with Gasteiger partial charge < -0.3 is 10.1 Å². The zero-order chi connectivity index (χ0) is 29.5. The number of allylic oxidation sites excluding steroid dienone is 2. The molecule has 2 aromatic carbocycles. The molecule has 0 aromatic heterocycles. The van der Waals surface area contributed by atoms with Crippen molar-refractivity contribution < 1.29 is 19.1 Å². The average molecular weight is 548 g/mol. The van der Waals surface area contributed by atoms with Gasteiger partial charge >= 0.3 is 0 Å². The van der Waals surface area contributed by atoms with Crippen LogP contribution in [0.3, 0.4) is 0 Å². The Kier molecular flexibility index (Phi) is 14.4. The number of ketones is 2. The summed E-state index contributed by atoms with van der Waals surface area (Å²) >= 11 is 0. The van der Waals surface area contributed by atoms with Crippen LogP contribution in [0, 0.1) is 5.92 Å². The standard InChI is InChI=1S/C21H25NO3.C14H24O/c1-4-7-20(23)19-11-10-15(12-16(19)5-2)13-21(24)22-17-8-6-9-18(14-17)25-3;1-4-6-14(15)10-9-11(2)12(3)13-7-5-8-13/h6,8-12,14H,4-5,7,13H2,1-3H3,(H,22,24);11H,4-10H2,1-3H3. The number of benzene rings is 2. The van der Waals surface area contributed by atoms with Crippen LogP contribution in [-0.4, -0.2) is 24.6 Å². The lowest BCUT2D eigenvalue weighted by Crippen LogP contribution is -2.15. The Morgan fingerprint density at radius 1 is 0.950 bits per heavy atom. The molecular formula is C35H49NO4. The molecule has 3 rings (SSSR count). The van der Waals surface area contributed by atoms with Gasteiger partial charge in [-0.1, -0.05) is 63.1 Å². The Morgan fingerprint density at radius 3 is 2.27 bits per heavy atom. The summed E-state index contributed by atoms with van der Waals surface area (Å²) in [6.45, 7) is 10.6. The smallest absolute Gasteiger partial charge is 0.228 e. The highest BCUT2D eigenvalue weighted by Gasteiger charge is 2.16. The van der Waals surface area contributed by atoms with Crippen molar-refractivity contribution in [2.24, 2.45) is 5.92 Å². The monoisotopic (exact) mass is 547 g/mol. The molecule has 0 aliphatic heterocycles. The van der Waals surface area contributed by atoms with Crippen molar-refractivity contribution in [1.29, 1.82) is 0 Å². The minimum atomic E-state index is -0.0945. The number of nitrogens with one attached hydrogen (secondary N) is 1. The number of Topliss-reactive ketones (excluding diaryl/α,β-unsaturated/α-hetero) is 2. The van der Waals surface area contributed by atoms with Crippen molar-refractivity contribution in [3.63, 3.8) is 0 Å². The lowest BCUT2D eigenvalue weighted by Gasteiger charge is -2.23. The highest BCUT2D eigenvalue weighted by Crippen LogP contribution is 2.33. The quantitative estimate of drug-likeness (QED) is 0.190. The van der Waals surface area contributed by atoms with E-state index in [1.165, 1.54) is 19.3 Å². The van der Waals surface area contributed by atoms with Crippen LogP contribution in [-0.2, 0) is 22.4 Å². The van der Waals surface area contributed by atoms with Crippen LogP contribution in [0.15, 0.2) is 53.6 Å². The van der Waals surface area contributed by atoms with E-state index >= 15 is 0 Å². The Bertz CT molecular complexity index is 1160. The van der Waals surface area contributed by atoms with Gasteiger partial charge in [0.1, 0.15) is 11.5 Å². The fourth-order valence-corrected chi connectivity index (χ4v) is 4.87. The topological polar surface area (TPSA) is 72.5 Å². The van der Waals surface area contributed by atoms with Crippen molar-refractivity contribution in [2.75, 3.05) is 12.4 Å². The first kappa shape index (κ1) is 33.0. The fraction of sp³-hybridized carbons (Fsp3) is 0.514. The summed E-state index contributed by atoms with van der Waals surface area (Å²) in [7, 11) is 1.59. The molecule has 0 spiro atoms. The summed E-state index contributed by atoms with van der Waals surface area (Å²) in [5, 5.41) is 2.87. The minimum absolute atomic E-state index is 0.0945. The van der Waals surface area contributed by atoms with Crippen LogP contribution >= 0.6 is 0 Å². The third kappa shape index (κ3) is 10.7. The summed E-state index contributed by atoms with van der Waals surface area (Å²) in [5.74, 6) is 1.83. The molecule has 1 fully saturated rings. The van der Waals surface area contributed by atoms with Gasteiger partial charge in [-0.2, -0.15) is 0 Å². The van der Waals surface area contributed by atoms with Gasteiger partial charge in [0.2, 0.25) is 5.91 Å². The number of rotatable bonds is 14. The van der Waals surface area contributed by atoms with Gasteiger partial charge in [0.25, 0.3) is 0 Å². The molecule has 0 bridgehead atoms. The van der Waals surface area contributed by atoms with Gasteiger partial charge in [0.15, 0.2) is 5.78 Å². The first-order chi connectivity index (χ1) is 19.2. The zero-order valence-corrected chi connectivity index (χ0v) is 25.5. The highest BCUT2D eigenvalue weighted by atomic mass is 16.5. The first-order valence-corrected chi connectivity index (χ1v) is 15.0. The van der Waals surface area contributed by atoms with E-state index in [0.29, 0.717) is 29.6 Å². The second-order valence-electron chi connectivity index (χ2n) is 10.8. The molecule has 40 heavy (non-hydrogen) atoms. The van der Waals surface area contributed by atoms with Crippen molar-refractivity contribution >= 4 is 23.2 Å². The molecule has 1 amide bonds. The number of carbonyl (C=O) groups excluding carboxylic acids is 3. The number of aryl methyl sites for hydroxylation is 1. The molecule has 1 unspecified atom stereocenters. The van der Waals surface area contributed by atoms with Crippen molar-refractivity contribution in [1.82, 2.24) is 0 Å². The van der Waals surface area contributed by atoms with Crippen LogP contribution < -0.4 is 10.1 Å². The van der Waals surface area contributed by atoms with Crippen LogP contribution in [0.1, 0.15) is 114 Å². The van der Waals surface area contributed by atoms with Gasteiger partial charge in [0, 0.05) is 36.6 Å². The number of methoxy groups -OCH3 is 1. The molecule has 1 N–H and O–H groups in total. The van der Waals surface area contributed by atoms with E-state index in [1.807, 2.05) is 50.2 Å². The second-order valence-corrected chi connectivity index (χ2v) is 10.8. The molecule has 0 radical (unpaired) electrons. The maximum Gasteiger partial charge on any atom is 0.228 e. The molecule has 0 saturated heterocycles. The molecule has 1 aliphatic rings. The lowest BCUT2D eigenvalue weighted by molar-refractivity contribution is -0.119. The highest BCUT2D eigenvalue weighted by molar-refractivity contribution is 5.98. The van der Waals surface area contributed by atoms with Crippen LogP contribution in [0.2, 0.25) is 0 Å². The van der Waals surface area contributed by atoms with E-state index in [-0.39, 0.29) is 18.1 Å². The van der Waals surface area contributed by atoms with E-state index in [1.54, 1.807) is 24.3 Å². The molecule has 5 heteroatoms. The number of ether oxygens (including phenoxy) is 1. The van der Waals surface area contributed by atoms with Gasteiger partial charge in [-0.05, 0) is 81.0 Å². The predicted octanol–water partition coefficient (Wildman–Crippen LogP) is 8.69. The number of amides is 1. The number of carbonyl (C=O) groups is 3.